The highest BCUT2D eigenvalue weighted by molar-refractivity contribution is 6.32. The van der Waals surface area contributed by atoms with Crippen LogP contribution in [0.2, 0.25) is 5.02 Å². The van der Waals surface area contributed by atoms with Crippen LogP contribution in [0.15, 0.2) is 85.5 Å². The summed E-state index contributed by atoms with van der Waals surface area (Å²) in [5.74, 6) is 0.857. The fourth-order valence-electron chi connectivity index (χ4n) is 5.15. The number of morpholine rings is 1. The van der Waals surface area contributed by atoms with Gasteiger partial charge < -0.3 is 24.5 Å². The molecule has 0 saturated carbocycles. The van der Waals surface area contributed by atoms with E-state index in [1.165, 1.54) is 18.5 Å². The molecular formula is C32H31ClFN5O3. The Labute approximate surface area is 248 Å². The Kier molecular flexibility index (Phi) is 8.62. The average molecular weight is 588 g/mol. The summed E-state index contributed by atoms with van der Waals surface area (Å²) in [4.78, 5) is 11.2. The smallest absolute Gasteiger partial charge is 0.141 e. The number of ether oxygens (including phenoxy) is 2. The van der Waals surface area contributed by atoms with Crippen molar-refractivity contribution in [3.8, 4) is 16.9 Å². The molecule has 3 heterocycles. The zero-order valence-electron chi connectivity index (χ0n) is 22.9. The summed E-state index contributed by atoms with van der Waals surface area (Å²) in [7, 11) is 0. The first-order valence-electron chi connectivity index (χ1n) is 13.8. The van der Waals surface area contributed by atoms with E-state index in [0.717, 1.165) is 52.9 Å². The molecule has 0 spiro atoms. The van der Waals surface area contributed by atoms with Crippen LogP contribution in [-0.4, -0.2) is 63.5 Å². The Morgan fingerprint density at radius 3 is 2.86 bits per heavy atom. The van der Waals surface area contributed by atoms with Crippen LogP contribution in [0.1, 0.15) is 5.56 Å². The van der Waals surface area contributed by atoms with Gasteiger partial charge in [0.2, 0.25) is 0 Å². The van der Waals surface area contributed by atoms with Gasteiger partial charge in [0.1, 0.15) is 30.3 Å². The van der Waals surface area contributed by atoms with Gasteiger partial charge in [0.15, 0.2) is 0 Å². The number of benzene rings is 3. The molecule has 216 valence electrons. The number of nitrogens with one attached hydrogen (secondary N) is 1. The number of aromatic nitrogens is 3. The minimum atomic E-state index is -0.306. The van der Waals surface area contributed by atoms with Crippen LogP contribution in [0.4, 0.5) is 15.9 Å². The highest BCUT2D eigenvalue weighted by Gasteiger charge is 2.20. The molecule has 0 radical (unpaired) electrons. The van der Waals surface area contributed by atoms with E-state index >= 15 is 0 Å². The van der Waals surface area contributed by atoms with E-state index in [-0.39, 0.29) is 25.1 Å². The topological polar surface area (TPSA) is 84.7 Å². The van der Waals surface area contributed by atoms with Crippen LogP contribution in [-0.2, 0) is 17.9 Å². The maximum Gasteiger partial charge on any atom is 0.141 e. The lowest BCUT2D eigenvalue weighted by molar-refractivity contribution is -0.0394. The fraction of sp³-hybridized carbons (Fsp3) is 0.250. The number of hydrogen-bond acceptors (Lipinski definition) is 7. The van der Waals surface area contributed by atoms with E-state index in [1.807, 2.05) is 12.1 Å². The van der Waals surface area contributed by atoms with Gasteiger partial charge in [0.25, 0.3) is 0 Å². The number of nitrogens with zero attached hydrogens (tertiary/aromatic N) is 4. The van der Waals surface area contributed by atoms with Crippen molar-refractivity contribution >= 4 is 34.0 Å². The van der Waals surface area contributed by atoms with Crippen molar-refractivity contribution < 1.29 is 19.0 Å². The number of fused-ring (bicyclic) bond motifs is 1. The van der Waals surface area contributed by atoms with E-state index in [9.17, 15) is 9.50 Å². The van der Waals surface area contributed by atoms with Crippen molar-refractivity contribution in [2.45, 2.75) is 19.3 Å². The Hall–Kier alpha value is -4.02. The van der Waals surface area contributed by atoms with Crippen molar-refractivity contribution in [2.75, 3.05) is 38.2 Å². The molecule has 0 aliphatic carbocycles. The lowest BCUT2D eigenvalue weighted by atomic mass is 10.1. The van der Waals surface area contributed by atoms with Gasteiger partial charge >= 0.3 is 0 Å². The van der Waals surface area contributed by atoms with Crippen LogP contribution in [0.25, 0.3) is 22.0 Å². The van der Waals surface area contributed by atoms with Crippen LogP contribution < -0.4 is 10.1 Å². The molecule has 1 unspecified atom stereocenters. The number of hydrogen-bond donors (Lipinski definition) is 2. The molecule has 3 aromatic carbocycles. The molecule has 8 nitrogen and oxygen atoms in total. The Morgan fingerprint density at radius 1 is 1.07 bits per heavy atom. The minimum absolute atomic E-state index is 0.0799. The molecule has 1 aliphatic heterocycles. The quantitative estimate of drug-likeness (QED) is 0.210. The maximum absolute atomic E-state index is 13.5. The fourth-order valence-corrected chi connectivity index (χ4v) is 5.39. The molecule has 10 heteroatoms. The first kappa shape index (κ1) is 28.1. The summed E-state index contributed by atoms with van der Waals surface area (Å²) in [6, 6.07) is 19.9. The molecule has 0 bridgehead atoms. The highest BCUT2D eigenvalue weighted by Crippen LogP contribution is 2.32. The zero-order valence-corrected chi connectivity index (χ0v) is 23.7. The molecule has 0 amide bonds. The second-order valence-corrected chi connectivity index (χ2v) is 10.7. The zero-order chi connectivity index (χ0) is 28.9. The predicted octanol–water partition coefficient (Wildman–Crippen LogP) is 5.91. The SMILES string of the molecule is OCCN1CCOC(Cn2ccc(-c3ccc4ncnc(Nc5ccc(OCc6cccc(F)c6)c(Cl)c5)c4c3)c2)C1. The van der Waals surface area contributed by atoms with Gasteiger partial charge in [-0.15, -0.1) is 0 Å². The Morgan fingerprint density at radius 2 is 2.00 bits per heavy atom. The summed E-state index contributed by atoms with van der Waals surface area (Å²) in [5, 5.41) is 13.9. The van der Waals surface area contributed by atoms with E-state index in [0.29, 0.717) is 29.7 Å². The molecule has 42 heavy (non-hydrogen) atoms. The summed E-state index contributed by atoms with van der Waals surface area (Å²) in [6.07, 6.45) is 5.79. The molecule has 1 saturated heterocycles. The Bertz CT molecular complexity index is 1680. The van der Waals surface area contributed by atoms with E-state index in [1.54, 1.807) is 24.3 Å². The third kappa shape index (κ3) is 6.71. The summed E-state index contributed by atoms with van der Waals surface area (Å²) >= 11 is 6.52. The van der Waals surface area contributed by atoms with Crippen molar-refractivity contribution in [3.63, 3.8) is 0 Å². The van der Waals surface area contributed by atoms with Crippen LogP contribution in [0.5, 0.6) is 5.75 Å². The lowest BCUT2D eigenvalue weighted by Gasteiger charge is -2.32. The first-order chi connectivity index (χ1) is 20.5. The van der Waals surface area contributed by atoms with Gasteiger partial charge in [0.05, 0.1) is 29.9 Å². The van der Waals surface area contributed by atoms with Crippen molar-refractivity contribution in [2.24, 2.45) is 0 Å². The Balaban J connectivity index is 1.16. The summed E-state index contributed by atoms with van der Waals surface area (Å²) in [5.41, 5.74) is 4.41. The number of halogens is 2. The predicted molar refractivity (Wildman–Crippen MR) is 162 cm³/mol. The van der Waals surface area contributed by atoms with Gasteiger partial charge in [-0.2, -0.15) is 0 Å². The van der Waals surface area contributed by atoms with E-state index in [2.05, 4.69) is 55.3 Å². The van der Waals surface area contributed by atoms with Gasteiger partial charge in [-0.1, -0.05) is 29.8 Å². The largest absolute Gasteiger partial charge is 0.487 e. The second kappa shape index (κ2) is 12.9. The first-order valence-corrected chi connectivity index (χ1v) is 14.2. The molecular weight excluding hydrogens is 557 g/mol. The third-order valence-corrected chi connectivity index (χ3v) is 7.55. The van der Waals surface area contributed by atoms with Gasteiger partial charge in [-0.3, -0.25) is 4.90 Å². The lowest BCUT2D eigenvalue weighted by Crippen LogP contribution is -2.45. The molecule has 1 atom stereocenters. The van der Waals surface area contributed by atoms with Crippen LogP contribution in [0, 0.1) is 5.82 Å². The molecule has 2 N–H and O–H groups in total. The number of aliphatic hydroxyl groups is 1. The standard InChI is InChI=1S/C32H31ClFN5O3/c33-29-16-26(5-7-31(29)42-20-22-2-1-3-25(34)14-22)37-32-28-15-23(4-6-30(28)35-21-36-32)24-8-9-39(17-24)19-27-18-38(10-12-40)11-13-41-27/h1-9,14-17,21,27,40H,10-13,18-20H2,(H,35,36,37). The van der Waals surface area contributed by atoms with Crippen molar-refractivity contribution in [3.05, 3.63) is 102 Å². The van der Waals surface area contributed by atoms with Crippen LogP contribution >= 0.6 is 11.6 Å². The molecule has 1 aliphatic rings. The second-order valence-electron chi connectivity index (χ2n) is 10.3. The third-order valence-electron chi connectivity index (χ3n) is 7.25. The maximum atomic E-state index is 13.5. The van der Waals surface area contributed by atoms with Gasteiger partial charge in [-0.05, 0) is 65.2 Å². The number of anilines is 2. The van der Waals surface area contributed by atoms with Crippen LogP contribution in [0.3, 0.4) is 0 Å². The average Bonchev–Trinajstić information content (AvgIpc) is 3.45. The van der Waals surface area contributed by atoms with Crippen molar-refractivity contribution in [1.82, 2.24) is 19.4 Å². The highest BCUT2D eigenvalue weighted by atomic mass is 35.5. The van der Waals surface area contributed by atoms with Gasteiger partial charge in [-0.25, -0.2) is 14.4 Å². The number of β-amino-alcohol motifs (C(OH)–C–C–N with tert-alkyl or cyclic N) is 1. The molecule has 6 rings (SSSR count). The molecule has 2 aromatic heterocycles. The monoisotopic (exact) mass is 587 g/mol. The molecule has 5 aromatic rings. The number of aliphatic hydroxyl groups excluding tert-OH is 1. The van der Waals surface area contributed by atoms with E-state index in [4.69, 9.17) is 21.1 Å². The summed E-state index contributed by atoms with van der Waals surface area (Å²) < 4.78 is 27.4. The minimum Gasteiger partial charge on any atom is -0.487 e. The van der Waals surface area contributed by atoms with E-state index < -0.39 is 0 Å². The summed E-state index contributed by atoms with van der Waals surface area (Å²) in [6.45, 7) is 4.12. The molecule has 1 fully saturated rings. The number of rotatable bonds is 10. The normalized spacial score (nSPS) is 15.6. The van der Waals surface area contributed by atoms with Crippen molar-refractivity contribution in [1.29, 1.82) is 0 Å². The van der Waals surface area contributed by atoms with Gasteiger partial charge in [0, 0.05) is 49.6 Å².